The van der Waals surface area contributed by atoms with Crippen LogP contribution in [-0.2, 0) is 14.4 Å². The smallest absolute Gasteiger partial charge is 0.306 e. The van der Waals surface area contributed by atoms with Crippen molar-refractivity contribution in [3.8, 4) is 0 Å². The highest BCUT2D eigenvalue weighted by atomic mass is 16.4. The van der Waals surface area contributed by atoms with Gasteiger partial charge in [0.05, 0.1) is 17.8 Å². The summed E-state index contributed by atoms with van der Waals surface area (Å²) in [7, 11) is 0. The molecule has 3 aliphatic carbocycles. The maximum absolute atomic E-state index is 12.6. The minimum Gasteiger partial charge on any atom is -0.481 e. The van der Waals surface area contributed by atoms with Gasteiger partial charge in [0.1, 0.15) is 0 Å². The number of aliphatic carboxylic acids is 1. The first-order valence-corrected chi connectivity index (χ1v) is 7.84. The van der Waals surface area contributed by atoms with E-state index in [9.17, 15) is 19.5 Å². The standard InChI is InChI=1S/C16H19NO4/c18-14-12-8-4-5-9(6-8)13(12)15(19)17(14)7-10-2-1-3-11(10)16(20)21/h4-5,8-13H,1-3,6-7H2,(H,20,21). The van der Waals surface area contributed by atoms with Crippen LogP contribution in [0.2, 0.25) is 0 Å². The van der Waals surface area contributed by atoms with E-state index in [1.807, 2.05) is 0 Å². The Morgan fingerprint density at radius 1 is 1.14 bits per heavy atom. The van der Waals surface area contributed by atoms with Crippen molar-refractivity contribution in [3.05, 3.63) is 12.2 Å². The Kier molecular flexibility index (Phi) is 2.75. The number of nitrogens with zero attached hydrogens (tertiary/aromatic N) is 1. The van der Waals surface area contributed by atoms with Gasteiger partial charge in [-0.3, -0.25) is 19.3 Å². The van der Waals surface area contributed by atoms with Gasteiger partial charge in [-0.25, -0.2) is 0 Å². The number of amides is 2. The summed E-state index contributed by atoms with van der Waals surface area (Å²) in [5.41, 5.74) is 0. The lowest BCUT2D eigenvalue weighted by Crippen LogP contribution is -2.39. The molecule has 1 aliphatic heterocycles. The first-order valence-electron chi connectivity index (χ1n) is 7.84. The van der Waals surface area contributed by atoms with Gasteiger partial charge in [-0.1, -0.05) is 18.6 Å². The molecular formula is C16H19NO4. The molecule has 1 heterocycles. The fourth-order valence-electron chi connectivity index (χ4n) is 4.96. The summed E-state index contributed by atoms with van der Waals surface area (Å²) in [6.07, 6.45) is 7.43. The average molecular weight is 289 g/mol. The van der Waals surface area contributed by atoms with Crippen molar-refractivity contribution >= 4 is 17.8 Å². The van der Waals surface area contributed by atoms with Crippen LogP contribution in [0.25, 0.3) is 0 Å². The number of allylic oxidation sites excluding steroid dienone is 2. The van der Waals surface area contributed by atoms with Crippen LogP contribution >= 0.6 is 0 Å². The van der Waals surface area contributed by atoms with Gasteiger partial charge in [-0.15, -0.1) is 0 Å². The number of hydrogen-bond donors (Lipinski definition) is 1. The zero-order chi connectivity index (χ0) is 14.7. The number of carbonyl (C=O) groups excluding carboxylic acids is 2. The number of fused-ring (bicyclic) bond motifs is 5. The molecule has 6 atom stereocenters. The van der Waals surface area contributed by atoms with Gasteiger partial charge in [0.15, 0.2) is 0 Å². The molecule has 2 bridgehead atoms. The largest absolute Gasteiger partial charge is 0.481 e. The Hall–Kier alpha value is -1.65. The molecule has 2 amide bonds. The molecule has 1 saturated heterocycles. The highest BCUT2D eigenvalue weighted by molar-refractivity contribution is 6.06. The van der Waals surface area contributed by atoms with Crippen LogP contribution in [0.5, 0.6) is 0 Å². The summed E-state index contributed by atoms with van der Waals surface area (Å²) < 4.78 is 0. The van der Waals surface area contributed by atoms with Crippen molar-refractivity contribution in [2.75, 3.05) is 6.54 Å². The van der Waals surface area contributed by atoms with Crippen LogP contribution in [0.3, 0.4) is 0 Å². The second-order valence-electron chi connectivity index (χ2n) is 6.92. The minimum atomic E-state index is -0.793. The molecule has 0 aromatic carbocycles. The zero-order valence-corrected chi connectivity index (χ0v) is 11.8. The summed E-state index contributed by atoms with van der Waals surface area (Å²) >= 11 is 0. The summed E-state index contributed by atoms with van der Waals surface area (Å²) in [4.78, 5) is 37.8. The van der Waals surface area contributed by atoms with Gasteiger partial charge in [-0.05, 0) is 37.0 Å². The number of rotatable bonds is 3. The second kappa shape index (κ2) is 4.42. The molecule has 5 heteroatoms. The molecule has 112 valence electrons. The molecule has 0 spiro atoms. The van der Waals surface area contributed by atoms with Gasteiger partial charge < -0.3 is 5.11 Å². The first-order chi connectivity index (χ1) is 10.1. The lowest BCUT2D eigenvalue weighted by atomic mass is 9.85. The highest BCUT2D eigenvalue weighted by Gasteiger charge is 2.59. The molecular weight excluding hydrogens is 270 g/mol. The molecule has 4 rings (SSSR count). The number of likely N-dealkylation sites (tertiary alicyclic amines) is 1. The normalized spacial score (nSPS) is 43.9. The molecule has 0 aromatic heterocycles. The van der Waals surface area contributed by atoms with Crippen LogP contribution < -0.4 is 0 Å². The Labute approximate surface area is 123 Å². The fourth-order valence-corrected chi connectivity index (χ4v) is 4.96. The van der Waals surface area contributed by atoms with E-state index in [4.69, 9.17) is 0 Å². The predicted octanol–water partition coefficient (Wildman–Crippen LogP) is 1.29. The van der Waals surface area contributed by atoms with E-state index < -0.39 is 11.9 Å². The van der Waals surface area contributed by atoms with E-state index in [2.05, 4.69) is 12.2 Å². The third kappa shape index (κ3) is 1.72. The number of hydrogen-bond acceptors (Lipinski definition) is 3. The van der Waals surface area contributed by atoms with Crippen LogP contribution in [0.4, 0.5) is 0 Å². The third-order valence-corrected chi connectivity index (χ3v) is 5.95. The van der Waals surface area contributed by atoms with Crippen LogP contribution in [-0.4, -0.2) is 34.3 Å². The average Bonchev–Trinajstić information content (AvgIpc) is 3.18. The van der Waals surface area contributed by atoms with E-state index >= 15 is 0 Å². The molecule has 5 nitrogen and oxygen atoms in total. The highest BCUT2D eigenvalue weighted by Crippen LogP contribution is 2.52. The summed E-state index contributed by atoms with van der Waals surface area (Å²) in [6.45, 7) is 0.307. The molecule has 2 saturated carbocycles. The number of imide groups is 1. The molecule has 0 radical (unpaired) electrons. The van der Waals surface area contributed by atoms with Crippen LogP contribution in [0, 0.1) is 35.5 Å². The van der Waals surface area contributed by atoms with Crippen molar-refractivity contribution in [2.45, 2.75) is 25.7 Å². The van der Waals surface area contributed by atoms with Crippen molar-refractivity contribution in [2.24, 2.45) is 35.5 Å². The third-order valence-electron chi connectivity index (χ3n) is 5.95. The zero-order valence-electron chi connectivity index (χ0n) is 11.8. The lowest BCUT2D eigenvalue weighted by Gasteiger charge is -2.23. The molecule has 6 unspecified atom stereocenters. The molecule has 4 aliphatic rings. The van der Waals surface area contributed by atoms with Gasteiger partial charge in [0, 0.05) is 6.54 Å². The Morgan fingerprint density at radius 2 is 1.76 bits per heavy atom. The van der Waals surface area contributed by atoms with Gasteiger partial charge in [0.25, 0.3) is 0 Å². The van der Waals surface area contributed by atoms with E-state index in [0.29, 0.717) is 13.0 Å². The molecule has 3 fully saturated rings. The summed E-state index contributed by atoms with van der Waals surface area (Å²) in [5, 5.41) is 9.25. The number of carboxylic acid groups (broad SMARTS) is 1. The van der Waals surface area contributed by atoms with Gasteiger partial charge in [-0.2, -0.15) is 0 Å². The van der Waals surface area contributed by atoms with Crippen molar-refractivity contribution in [1.29, 1.82) is 0 Å². The summed E-state index contributed by atoms with van der Waals surface area (Å²) in [5.74, 6) is -1.27. The molecule has 0 aromatic rings. The van der Waals surface area contributed by atoms with E-state index in [0.717, 1.165) is 19.3 Å². The minimum absolute atomic E-state index is 0.0575. The topological polar surface area (TPSA) is 74.7 Å². The van der Waals surface area contributed by atoms with Crippen LogP contribution in [0.15, 0.2) is 12.2 Å². The number of carboxylic acids is 1. The lowest BCUT2D eigenvalue weighted by molar-refractivity contribution is -0.147. The van der Waals surface area contributed by atoms with Crippen molar-refractivity contribution < 1.29 is 19.5 Å². The first kappa shape index (κ1) is 13.0. The second-order valence-corrected chi connectivity index (χ2v) is 6.92. The van der Waals surface area contributed by atoms with Gasteiger partial charge >= 0.3 is 5.97 Å². The Balaban J connectivity index is 1.53. The summed E-state index contributed by atoms with van der Waals surface area (Å²) in [6, 6.07) is 0. The number of carbonyl (C=O) groups is 3. The predicted molar refractivity (Wildman–Crippen MR) is 72.9 cm³/mol. The molecule has 21 heavy (non-hydrogen) atoms. The quantitative estimate of drug-likeness (QED) is 0.627. The van der Waals surface area contributed by atoms with Crippen molar-refractivity contribution in [1.82, 2.24) is 4.90 Å². The molecule has 1 N–H and O–H groups in total. The monoisotopic (exact) mass is 289 g/mol. The van der Waals surface area contributed by atoms with E-state index in [1.165, 1.54) is 4.90 Å². The maximum Gasteiger partial charge on any atom is 0.306 e. The SMILES string of the molecule is O=C(O)C1CCCC1CN1C(=O)C2C3C=CC(C3)C2C1=O. The van der Waals surface area contributed by atoms with E-state index in [-0.39, 0.29) is 41.4 Å². The van der Waals surface area contributed by atoms with Gasteiger partial charge in [0.2, 0.25) is 11.8 Å². The van der Waals surface area contributed by atoms with Crippen molar-refractivity contribution in [3.63, 3.8) is 0 Å². The fraction of sp³-hybridized carbons (Fsp3) is 0.688. The van der Waals surface area contributed by atoms with E-state index in [1.54, 1.807) is 0 Å². The Morgan fingerprint density at radius 3 is 2.33 bits per heavy atom. The van der Waals surface area contributed by atoms with Crippen LogP contribution in [0.1, 0.15) is 25.7 Å². The maximum atomic E-state index is 12.6. The Bertz CT molecular complexity index is 524.